The van der Waals surface area contributed by atoms with E-state index in [-0.39, 0.29) is 17.9 Å². The Bertz CT molecular complexity index is 823. The number of rotatable bonds is 8. The zero-order chi connectivity index (χ0) is 21.3. The monoisotopic (exact) mass is 488 g/mol. The van der Waals surface area contributed by atoms with Crippen molar-refractivity contribution in [2.45, 2.75) is 62.6 Å². The summed E-state index contributed by atoms with van der Waals surface area (Å²) in [5.41, 5.74) is 1.01. The smallest absolute Gasteiger partial charge is 0.242 e. The second kappa shape index (κ2) is 11.6. The number of benzene rings is 2. The lowest BCUT2D eigenvalue weighted by Crippen LogP contribution is -2.50. The van der Waals surface area contributed by atoms with Gasteiger partial charge in [-0.25, -0.2) is 0 Å². The van der Waals surface area contributed by atoms with Crippen molar-refractivity contribution in [3.8, 4) is 0 Å². The van der Waals surface area contributed by atoms with Crippen LogP contribution in [0.3, 0.4) is 0 Å². The van der Waals surface area contributed by atoms with Crippen LogP contribution < -0.4 is 5.32 Å². The quantitative estimate of drug-likeness (QED) is 0.505. The third-order valence-electron chi connectivity index (χ3n) is 5.49. The average Bonchev–Trinajstić information content (AvgIpc) is 2.78. The summed E-state index contributed by atoms with van der Waals surface area (Å²) in [6.07, 6.45) is 5.63. The number of amides is 2. The number of hydrogen-bond donors (Lipinski definition) is 1. The Morgan fingerprint density at radius 3 is 2.40 bits per heavy atom. The molecular weight excluding hydrogens is 460 g/mol. The van der Waals surface area contributed by atoms with E-state index in [4.69, 9.17) is 0 Å². The number of nitrogens with one attached hydrogen (secondary N) is 1. The Morgan fingerprint density at radius 1 is 1.07 bits per heavy atom. The molecule has 1 saturated carbocycles. The van der Waals surface area contributed by atoms with Gasteiger partial charge in [-0.05, 0) is 49.6 Å². The number of hydrogen-bond acceptors (Lipinski definition) is 3. The van der Waals surface area contributed by atoms with Crippen LogP contribution in [0.5, 0.6) is 0 Å². The van der Waals surface area contributed by atoms with E-state index in [0.29, 0.717) is 12.3 Å². The van der Waals surface area contributed by atoms with Crippen molar-refractivity contribution >= 4 is 39.5 Å². The predicted molar refractivity (Wildman–Crippen MR) is 126 cm³/mol. The molecular formula is C24H29BrN2O2S. The van der Waals surface area contributed by atoms with Gasteiger partial charge in [0.1, 0.15) is 6.04 Å². The molecule has 0 saturated heterocycles. The minimum atomic E-state index is -0.514. The molecule has 0 unspecified atom stereocenters. The van der Waals surface area contributed by atoms with Gasteiger partial charge in [-0.1, -0.05) is 65.5 Å². The summed E-state index contributed by atoms with van der Waals surface area (Å²) < 4.78 is 0.992. The largest absolute Gasteiger partial charge is 0.352 e. The minimum absolute atomic E-state index is 0.0296. The number of thioether (sulfide) groups is 1. The first-order valence-electron chi connectivity index (χ1n) is 10.5. The highest BCUT2D eigenvalue weighted by atomic mass is 79.9. The molecule has 0 heterocycles. The van der Waals surface area contributed by atoms with Gasteiger partial charge in [-0.15, -0.1) is 11.8 Å². The minimum Gasteiger partial charge on any atom is -0.352 e. The highest BCUT2D eigenvalue weighted by molar-refractivity contribution is 9.10. The molecule has 2 aromatic carbocycles. The summed E-state index contributed by atoms with van der Waals surface area (Å²) >= 11 is 4.95. The van der Waals surface area contributed by atoms with Crippen molar-refractivity contribution in [1.82, 2.24) is 10.2 Å². The van der Waals surface area contributed by atoms with E-state index in [0.717, 1.165) is 40.6 Å². The lowest BCUT2D eigenvalue weighted by molar-refractivity contribution is -0.139. The summed E-state index contributed by atoms with van der Waals surface area (Å²) in [5.74, 6) is 0.219. The predicted octanol–water partition coefficient (Wildman–Crippen LogP) is 5.41. The van der Waals surface area contributed by atoms with Gasteiger partial charge in [0, 0.05) is 22.0 Å². The maximum absolute atomic E-state index is 13.1. The van der Waals surface area contributed by atoms with Gasteiger partial charge in [-0.2, -0.15) is 0 Å². The van der Waals surface area contributed by atoms with Crippen molar-refractivity contribution in [1.29, 1.82) is 0 Å². The van der Waals surface area contributed by atoms with Crippen LogP contribution in [0.15, 0.2) is 64.0 Å². The molecule has 4 nitrogen and oxygen atoms in total. The van der Waals surface area contributed by atoms with Gasteiger partial charge < -0.3 is 10.2 Å². The fraction of sp³-hybridized carbons (Fsp3) is 0.417. The molecule has 1 N–H and O–H groups in total. The molecule has 0 bridgehead atoms. The third kappa shape index (κ3) is 6.88. The number of nitrogens with zero attached hydrogens (tertiary/aromatic N) is 1. The number of carbonyl (C=O) groups is 2. The molecule has 1 aliphatic carbocycles. The van der Waals surface area contributed by atoms with Crippen LogP contribution in [0.4, 0.5) is 0 Å². The molecule has 2 aromatic rings. The first-order chi connectivity index (χ1) is 14.5. The van der Waals surface area contributed by atoms with Crippen LogP contribution in [0.1, 0.15) is 44.6 Å². The van der Waals surface area contributed by atoms with E-state index in [1.807, 2.05) is 61.5 Å². The summed E-state index contributed by atoms with van der Waals surface area (Å²) in [7, 11) is 0. The number of halogens is 1. The molecule has 3 rings (SSSR count). The van der Waals surface area contributed by atoms with E-state index >= 15 is 0 Å². The molecule has 0 aromatic heterocycles. The maximum atomic E-state index is 13.1. The second-order valence-electron chi connectivity index (χ2n) is 7.77. The fourth-order valence-corrected chi connectivity index (χ4v) is 4.75. The molecule has 1 fully saturated rings. The molecule has 0 radical (unpaired) electrons. The number of carbonyl (C=O) groups excluding carboxylic acids is 2. The van der Waals surface area contributed by atoms with Crippen LogP contribution in [0, 0.1) is 0 Å². The Labute approximate surface area is 191 Å². The van der Waals surface area contributed by atoms with Gasteiger partial charge >= 0.3 is 0 Å². The summed E-state index contributed by atoms with van der Waals surface area (Å²) in [4.78, 5) is 28.9. The summed E-state index contributed by atoms with van der Waals surface area (Å²) in [6.45, 7) is 2.25. The molecule has 1 aliphatic rings. The lowest BCUT2D eigenvalue weighted by Gasteiger charge is -2.31. The second-order valence-corrected chi connectivity index (χ2v) is 9.73. The Morgan fingerprint density at radius 2 is 1.73 bits per heavy atom. The molecule has 1 atom stereocenters. The van der Waals surface area contributed by atoms with E-state index in [1.54, 1.807) is 4.90 Å². The average molecular weight is 489 g/mol. The molecule has 30 heavy (non-hydrogen) atoms. The fourth-order valence-electron chi connectivity index (χ4n) is 3.68. The van der Waals surface area contributed by atoms with Gasteiger partial charge in [0.25, 0.3) is 0 Å². The van der Waals surface area contributed by atoms with Crippen LogP contribution in [-0.4, -0.2) is 34.6 Å². The van der Waals surface area contributed by atoms with Crippen molar-refractivity contribution in [3.05, 3.63) is 64.6 Å². The van der Waals surface area contributed by atoms with Gasteiger partial charge in [-0.3, -0.25) is 9.59 Å². The zero-order valence-corrected chi connectivity index (χ0v) is 19.8. The van der Waals surface area contributed by atoms with E-state index < -0.39 is 6.04 Å². The maximum Gasteiger partial charge on any atom is 0.242 e. The van der Waals surface area contributed by atoms with Crippen LogP contribution >= 0.6 is 27.7 Å². The molecule has 160 valence electrons. The normalized spacial score (nSPS) is 15.4. The first-order valence-corrected chi connectivity index (χ1v) is 12.3. The van der Waals surface area contributed by atoms with Crippen LogP contribution in [0.2, 0.25) is 0 Å². The van der Waals surface area contributed by atoms with E-state index in [9.17, 15) is 9.59 Å². The van der Waals surface area contributed by atoms with Crippen LogP contribution in [0.25, 0.3) is 0 Å². The van der Waals surface area contributed by atoms with Gasteiger partial charge in [0.15, 0.2) is 0 Å². The van der Waals surface area contributed by atoms with Crippen LogP contribution in [-0.2, 0) is 16.1 Å². The van der Waals surface area contributed by atoms with Crippen molar-refractivity contribution < 1.29 is 9.59 Å². The van der Waals surface area contributed by atoms with Gasteiger partial charge in [0.05, 0.1) is 5.75 Å². The van der Waals surface area contributed by atoms with Crippen molar-refractivity contribution in [2.24, 2.45) is 0 Å². The first kappa shape index (κ1) is 22.9. The SMILES string of the molecule is C[C@H](C(=O)NC1CCCCC1)N(Cc1ccc(Br)cc1)C(=O)CSc1ccccc1. The topological polar surface area (TPSA) is 49.4 Å². The zero-order valence-electron chi connectivity index (χ0n) is 17.4. The lowest BCUT2D eigenvalue weighted by atomic mass is 9.95. The van der Waals surface area contributed by atoms with E-state index in [2.05, 4.69) is 21.2 Å². The standard InChI is InChI=1S/C24H29BrN2O2S/c1-18(24(29)26-21-8-4-2-5-9-21)27(16-19-12-14-20(25)15-13-19)23(28)17-30-22-10-6-3-7-11-22/h3,6-7,10-15,18,21H,2,4-5,8-9,16-17H2,1H3,(H,26,29)/t18-/m1/s1. The van der Waals surface area contributed by atoms with Gasteiger partial charge in [0.2, 0.25) is 11.8 Å². The Balaban J connectivity index is 1.68. The molecule has 0 aliphatic heterocycles. The molecule has 2 amide bonds. The Hall–Kier alpha value is -1.79. The highest BCUT2D eigenvalue weighted by Gasteiger charge is 2.28. The summed E-state index contributed by atoms with van der Waals surface area (Å²) in [6, 6.07) is 17.5. The summed E-state index contributed by atoms with van der Waals surface area (Å²) in [5, 5.41) is 3.18. The van der Waals surface area contributed by atoms with Crippen molar-refractivity contribution in [3.63, 3.8) is 0 Å². The Kier molecular flexibility index (Phi) is 8.82. The third-order valence-corrected chi connectivity index (χ3v) is 7.02. The van der Waals surface area contributed by atoms with Crippen molar-refractivity contribution in [2.75, 3.05) is 5.75 Å². The molecule has 6 heteroatoms. The molecule has 0 spiro atoms. The van der Waals surface area contributed by atoms with E-state index in [1.165, 1.54) is 18.2 Å². The highest BCUT2D eigenvalue weighted by Crippen LogP contribution is 2.21.